The zero-order valence-electron chi connectivity index (χ0n) is 12.9. The van der Waals surface area contributed by atoms with Crippen LogP contribution in [0.25, 0.3) is 0 Å². The molecule has 0 saturated carbocycles. The zero-order valence-corrected chi connectivity index (χ0v) is 13.8. The lowest BCUT2D eigenvalue weighted by Gasteiger charge is -2.20. The van der Waals surface area contributed by atoms with Gasteiger partial charge in [0.25, 0.3) is 0 Å². The van der Waals surface area contributed by atoms with Crippen LogP contribution in [0.3, 0.4) is 0 Å². The van der Waals surface area contributed by atoms with Crippen LogP contribution in [-0.4, -0.2) is 0 Å². The third-order valence-electron chi connectivity index (χ3n) is 3.85. The van der Waals surface area contributed by atoms with Crippen LogP contribution in [0, 0.1) is 13.8 Å². The first-order valence-corrected chi connectivity index (χ1v) is 9.11. The molecule has 0 fully saturated rings. The fourth-order valence-corrected chi connectivity index (χ4v) is 5.58. The summed E-state index contributed by atoms with van der Waals surface area (Å²) in [5.74, 6) is 0. The Labute approximate surface area is 132 Å². The third kappa shape index (κ3) is 2.65. The summed E-state index contributed by atoms with van der Waals surface area (Å²) in [6.45, 7) is 4.07. The molecule has 0 aliphatic carbocycles. The van der Waals surface area contributed by atoms with E-state index in [1.807, 2.05) is 92.7 Å². The Hall–Kier alpha value is -2.11. The lowest BCUT2D eigenvalue weighted by molar-refractivity contribution is 0.592. The summed E-state index contributed by atoms with van der Waals surface area (Å²) in [5, 5.41) is 2.67. The van der Waals surface area contributed by atoms with Crippen molar-refractivity contribution in [1.82, 2.24) is 0 Å². The van der Waals surface area contributed by atoms with Gasteiger partial charge in [-0.15, -0.1) is 0 Å². The number of aryl methyl sites for hydroxylation is 2. The molecule has 2 heteroatoms. The molecule has 0 atom stereocenters. The Morgan fingerprint density at radius 3 is 1.50 bits per heavy atom. The highest BCUT2D eigenvalue weighted by Crippen LogP contribution is 2.42. The Kier molecular flexibility index (Phi) is 4.00. The summed E-state index contributed by atoms with van der Waals surface area (Å²) in [6.07, 6.45) is 0. The van der Waals surface area contributed by atoms with Gasteiger partial charge in [-0.3, -0.25) is 0 Å². The van der Waals surface area contributed by atoms with Gasteiger partial charge in [-0.05, 0) is 26.0 Å². The van der Waals surface area contributed by atoms with E-state index in [1.165, 1.54) is 0 Å². The molecule has 0 bridgehead atoms. The molecule has 3 aromatic rings. The highest BCUT2D eigenvalue weighted by molar-refractivity contribution is 7.85. The molecule has 3 aromatic carbocycles. The van der Waals surface area contributed by atoms with Crippen molar-refractivity contribution in [2.75, 3.05) is 0 Å². The SMILES string of the molecule is Cc1cccc(P(=O)(c2ccccc2)c2cccc(C)c2)c1. The van der Waals surface area contributed by atoms with Crippen LogP contribution >= 0.6 is 7.14 Å². The molecule has 0 spiro atoms. The Morgan fingerprint density at radius 1 is 0.591 bits per heavy atom. The minimum absolute atomic E-state index is 0.881. The Bertz CT molecular complexity index is 788. The number of hydrogen-bond donors (Lipinski definition) is 0. The minimum atomic E-state index is -2.83. The van der Waals surface area contributed by atoms with Crippen molar-refractivity contribution >= 4 is 23.1 Å². The van der Waals surface area contributed by atoms with E-state index in [-0.39, 0.29) is 0 Å². The van der Waals surface area contributed by atoms with Crippen molar-refractivity contribution in [1.29, 1.82) is 0 Å². The van der Waals surface area contributed by atoms with Gasteiger partial charge in [0, 0.05) is 15.9 Å². The fourth-order valence-electron chi connectivity index (χ4n) is 2.73. The largest absolute Gasteiger partial charge is 0.309 e. The predicted octanol–water partition coefficient (Wildman–Crippen LogP) is 3.94. The monoisotopic (exact) mass is 306 g/mol. The predicted molar refractivity (Wildman–Crippen MR) is 95.3 cm³/mol. The van der Waals surface area contributed by atoms with E-state index in [2.05, 4.69) is 0 Å². The van der Waals surface area contributed by atoms with Gasteiger partial charge in [0.15, 0.2) is 7.14 Å². The van der Waals surface area contributed by atoms with Crippen molar-refractivity contribution < 1.29 is 4.57 Å². The molecule has 22 heavy (non-hydrogen) atoms. The van der Waals surface area contributed by atoms with Crippen LogP contribution < -0.4 is 15.9 Å². The van der Waals surface area contributed by atoms with Gasteiger partial charge in [0.2, 0.25) is 0 Å². The van der Waals surface area contributed by atoms with Crippen LogP contribution in [0.1, 0.15) is 11.1 Å². The molecule has 0 aliphatic rings. The van der Waals surface area contributed by atoms with Gasteiger partial charge in [-0.25, -0.2) is 0 Å². The summed E-state index contributed by atoms with van der Waals surface area (Å²) in [7, 11) is -2.83. The minimum Gasteiger partial charge on any atom is -0.309 e. The number of rotatable bonds is 3. The van der Waals surface area contributed by atoms with E-state index in [1.54, 1.807) is 0 Å². The van der Waals surface area contributed by atoms with E-state index < -0.39 is 7.14 Å². The van der Waals surface area contributed by atoms with E-state index in [9.17, 15) is 4.57 Å². The fraction of sp³-hybridized carbons (Fsp3) is 0.100. The molecule has 1 nitrogen and oxygen atoms in total. The first-order chi connectivity index (χ1) is 10.6. The van der Waals surface area contributed by atoms with Gasteiger partial charge < -0.3 is 4.57 Å². The summed E-state index contributed by atoms with van der Waals surface area (Å²) < 4.78 is 14.1. The third-order valence-corrected chi connectivity index (χ3v) is 6.89. The van der Waals surface area contributed by atoms with Crippen molar-refractivity contribution in [3.63, 3.8) is 0 Å². The Morgan fingerprint density at radius 2 is 1.05 bits per heavy atom. The zero-order chi connectivity index (χ0) is 15.6. The van der Waals surface area contributed by atoms with E-state index in [0.29, 0.717) is 0 Å². The first kappa shape index (κ1) is 14.8. The van der Waals surface area contributed by atoms with Crippen LogP contribution in [0.15, 0.2) is 78.9 Å². The highest BCUT2D eigenvalue weighted by atomic mass is 31.2. The maximum Gasteiger partial charge on any atom is 0.171 e. The molecule has 110 valence electrons. The molecule has 0 unspecified atom stereocenters. The van der Waals surface area contributed by atoms with Crippen molar-refractivity contribution in [2.24, 2.45) is 0 Å². The van der Waals surface area contributed by atoms with E-state index >= 15 is 0 Å². The van der Waals surface area contributed by atoms with Gasteiger partial charge in [0.05, 0.1) is 0 Å². The van der Waals surface area contributed by atoms with Crippen LogP contribution in [0.5, 0.6) is 0 Å². The van der Waals surface area contributed by atoms with Crippen LogP contribution in [0.2, 0.25) is 0 Å². The normalized spacial score (nSPS) is 11.4. The molecular formula is C20H19OP. The van der Waals surface area contributed by atoms with Crippen molar-refractivity contribution in [3.05, 3.63) is 90.0 Å². The van der Waals surface area contributed by atoms with Crippen molar-refractivity contribution in [3.8, 4) is 0 Å². The average molecular weight is 306 g/mol. The first-order valence-electron chi connectivity index (χ1n) is 7.41. The molecule has 0 aliphatic heterocycles. The van der Waals surface area contributed by atoms with Crippen LogP contribution in [-0.2, 0) is 4.57 Å². The van der Waals surface area contributed by atoms with Gasteiger partial charge in [0.1, 0.15) is 0 Å². The second-order valence-electron chi connectivity index (χ2n) is 5.62. The van der Waals surface area contributed by atoms with Gasteiger partial charge in [-0.1, -0.05) is 77.9 Å². The summed E-state index contributed by atoms with van der Waals surface area (Å²) >= 11 is 0. The van der Waals surface area contributed by atoms with Gasteiger partial charge in [-0.2, -0.15) is 0 Å². The smallest absolute Gasteiger partial charge is 0.171 e. The molecule has 0 N–H and O–H groups in total. The molecule has 3 rings (SSSR count). The average Bonchev–Trinajstić information content (AvgIpc) is 2.55. The lowest BCUT2D eigenvalue weighted by Crippen LogP contribution is -2.25. The summed E-state index contributed by atoms with van der Waals surface area (Å²) in [6, 6.07) is 25.9. The second-order valence-corrected chi connectivity index (χ2v) is 8.39. The van der Waals surface area contributed by atoms with Gasteiger partial charge >= 0.3 is 0 Å². The Balaban J connectivity index is 2.30. The number of benzene rings is 3. The quantitative estimate of drug-likeness (QED) is 0.670. The maximum absolute atomic E-state index is 14.1. The molecular weight excluding hydrogens is 287 g/mol. The van der Waals surface area contributed by atoms with Crippen molar-refractivity contribution in [2.45, 2.75) is 13.8 Å². The molecule has 0 heterocycles. The van der Waals surface area contributed by atoms with E-state index in [4.69, 9.17) is 0 Å². The topological polar surface area (TPSA) is 17.1 Å². The summed E-state index contributed by atoms with van der Waals surface area (Å²) in [4.78, 5) is 0. The summed E-state index contributed by atoms with van der Waals surface area (Å²) in [5.41, 5.74) is 2.25. The molecule has 0 radical (unpaired) electrons. The standard InChI is InChI=1S/C20H19OP/c1-16-8-6-12-19(14-16)22(21,18-10-4-3-5-11-18)20-13-7-9-17(2)15-20/h3-15H,1-2H3. The molecule has 0 aromatic heterocycles. The highest BCUT2D eigenvalue weighted by Gasteiger charge is 2.29. The molecule has 0 saturated heterocycles. The lowest BCUT2D eigenvalue weighted by atomic mass is 10.2. The van der Waals surface area contributed by atoms with Crippen LogP contribution in [0.4, 0.5) is 0 Å². The second kappa shape index (κ2) is 5.94. The number of hydrogen-bond acceptors (Lipinski definition) is 1. The van der Waals surface area contributed by atoms with E-state index in [0.717, 1.165) is 27.0 Å². The molecule has 0 amide bonds. The maximum atomic E-state index is 14.1.